The van der Waals surface area contributed by atoms with Gasteiger partial charge in [0.1, 0.15) is 17.4 Å². The van der Waals surface area contributed by atoms with Gasteiger partial charge in [-0.25, -0.2) is 9.97 Å². The highest BCUT2D eigenvalue weighted by Crippen LogP contribution is 2.18. The zero-order chi connectivity index (χ0) is 15.2. The average molecular weight is 293 g/mol. The second-order valence-corrected chi connectivity index (χ2v) is 4.69. The molecule has 1 aromatic rings. The summed E-state index contributed by atoms with van der Waals surface area (Å²) in [6.45, 7) is 1.27. The van der Waals surface area contributed by atoms with Gasteiger partial charge < -0.3 is 15.4 Å². The van der Waals surface area contributed by atoms with Crippen molar-refractivity contribution < 1.29 is 4.74 Å². The first-order valence-corrected chi connectivity index (χ1v) is 7.00. The third-order valence-corrected chi connectivity index (χ3v) is 3.20. The van der Waals surface area contributed by atoms with Crippen LogP contribution < -0.4 is 10.6 Å². The molecule has 0 bridgehead atoms. The van der Waals surface area contributed by atoms with Crippen LogP contribution in [-0.4, -0.2) is 23.1 Å². The van der Waals surface area contributed by atoms with E-state index in [9.17, 15) is 5.26 Å². The smallest absolute Gasteiger partial charge is 0.223 e. The van der Waals surface area contributed by atoms with Crippen molar-refractivity contribution in [2.45, 2.75) is 6.42 Å². The minimum absolute atomic E-state index is 0.470. The molecule has 0 amide bonds. The van der Waals surface area contributed by atoms with Crippen LogP contribution in [0.15, 0.2) is 54.2 Å². The number of nitrogens with zero attached hydrogens (tertiary/aromatic N) is 3. The van der Waals surface area contributed by atoms with Crippen molar-refractivity contribution in [3.63, 3.8) is 0 Å². The van der Waals surface area contributed by atoms with Crippen LogP contribution in [0.4, 0.5) is 5.95 Å². The SMILES string of the molecule is N#C/C(=C1\C=CC=CN1)c1ccnc(NCC2=CCCO2)n1. The van der Waals surface area contributed by atoms with Gasteiger partial charge in [-0.2, -0.15) is 5.26 Å². The summed E-state index contributed by atoms with van der Waals surface area (Å²) in [6.07, 6.45) is 12.0. The number of anilines is 1. The van der Waals surface area contributed by atoms with Gasteiger partial charge in [0.2, 0.25) is 5.95 Å². The Morgan fingerprint density at radius 1 is 1.45 bits per heavy atom. The Morgan fingerprint density at radius 2 is 2.41 bits per heavy atom. The largest absolute Gasteiger partial charge is 0.496 e. The van der Waals surface area contributed by atoms with E-state index in [0.29, 0.717) is 23.8 Å². The van der Waals surface area contributed by atoms with Gasteiger partial charge in [-0.3, -0.25) is 0 Å². The van der Waals surface area contributed by atoms with E-state index in [0.717, 1.165) is 24.5 Å². The van der Waals surface area contributed by atoms with Gasteiger partial charge in [0, 0.05) is 18.8 Å². The molecule has 0 aliphatic carbocycles. The lowest BCUT2D eigenvalue weighted by Crippen LogP contribution is -2.11. The van der Waals surface area contributed by atoms with Gasteiger partial charge in [0.15, 0.2) is 0 Å². The first-order valence-electron chi connectivity index (χ1n) is 7.00. The summed E-state index contributed by atoms with van der Waals surface area (Å²) in [4.78, 5) is 8.57. The molecule has 6 nitrogen and oxygen atoms in total. The zero-order valence-corrected chi connectivity index (χ0v) is 11.9. The Hall–Kier alpha value is -3.07. The van der Waals surface area contributed by atoms with E-state index in [1.54, 1.807) is 18.5 Å². The molecule has 0 atom stereocenters. The Balaban J connectivity index is 1.79. The number of rotatable bonds is 4. The Labute approximate surface area is 128 Å². The normalized spacial score (nSPS) is 18.0. The van der Waals surface area contributed by atoms with Crippen LogP contribution in [0, 0.1) is 11.3 Å². The summed E-state index contributed by atoms with van der Waals surface area (Å²) in [5, 5.41) is 15.6. The third kappa shape index (κ3) is 3.15. The summed E-state index contributed by atoms with van der Waals surface area (Å²) < 4.78 is 5.42. The standard InChI is InChI=1S/C16H15N5O/c17-10-13(14-5-1-2-7-18-14)15-6-8-19-16(21-15)20-11-12-4-3-9-22-12/h1-2,4-8,18H,3,9,11H2,(H,19,20,21)/b14-13-. The van der Waals surface area contributed by atoms with Gasteiger partial charge in [0.05, 0.1) is 24.5 Å². The van der Waals surface area contributed by atoms with E-state index in [-0.39, 0.29) is 0 Å². The number of allylic oxidation sites excluding steroid dienone is 4. The third-order valence-electron chi connectivity index (χ3n) is 3.20. The van der Waals surface area contributed by atoms with Gasteiger partial charge in [-0.15, -0.1) is 0 Å². The van der Waals surface area contributed by atoms with E-state index in [2.05, 4.69) is 26.7 Å². The molecule has 0 saturated heterocycles. The molecule has 22 heavy (non-hydrogen) atoms. The predicted octanol–water partition coefficient (Wildman–Crippen LogP) is 2.10. The molecule has 2 aliphatic rings. The highest BCUT2D eigenvalue weighted by molar-refractivity contribution is 5.79. The first kappa shape index (κ1) is 13.9. The second-order valence-electron chi connectivity index (χ2n) is 4.69. The van der Waals surface area contributed by atoms with E-state index in [1.807, 2.05) is 24.3 Å². The summed E-state index contributed by atoms with van der Waals surface area (Å²) in [5.74, 6) is 1.37. The molecule has 0 radical (unpaired) electrons. The summed E-state index contributed by atoms with van der Waals surface area (Å²) in [5.41, 5.74) is 1.77. The lowest BCUT2D eigenvalue weighted by Gasteiger charge is -2.10. The van der Waals surface area contributed by atoms with Gasteiger partial charge in [-0.1, -0.05) is 6.08 Å². The monoisotopic (exact) mass is 293 g/mol. The number of dihydropyridines is 1. The molecule has 6 heteroatoms. The van der Waals surface area contributed by atoms with Crippen LogP contribution in [0.25, 0.3) is 5.57 Å². The summed E-state index contributed by atoms with van der Waals surface area (Å²) >= 11 is 0. The van der Waals surface area contributed by atoms with Crippen molar-refractivity contribution in [1.29, 1.82) is 5.26 Å². The van der Waals surface area contributed by atoms with Crippen molar-refractivity contribution in [2.24, 2.45) is 0 Å². The number of hydrogen-bond donors (Lipinski definition) is 2. The maximum atomic E-state index is 9.41. The minimum atomic E-state index is 0.470. The van der Waals surface area contributed by atoms with Crippen molar-refractivity contribution >= 4 is 11.5 Å². The highest BCUT2D eigenvalue weighted by atomic mass is 16.5. The number of nitriles is 1. The Bertz CT molecular complexity index is 724. The van der Waals surface area contributed by atoms with Crippen LogP contribution in [-0.2, 0) is 4.74 Å². The molecule has 2 N–H and O–H groups in total. The van der Waals surface area contributed by atoms with Crippen molar-refractivity contribution in [3.8, 4) is 6.07 Å². The summed E-state index contributed by atoms with van der Waals surface area (Å²) in [7, 11) is 0. The molecule has 0 unspecified atom stereocenters. The maximum absolute atomic E-state index is 9.41. The highest BCUT2D eigenvalue weighted by Gasteiger charge is 2.11. The molecule has 0 fully saturated rings. The van der Waals surface area contributed by atoms with Crippen molar-refractivity contribution in [2.75, 3.05) is 18.5 Å². The topological polar surface area (TPSA) is 82.9 Å². The average Bonchev–Trinajstić information content (AvgIpc) is 3.09. The van der Waals surface area contributed by atoms with Crippen LogP contribution in [0.1, 0.15) is 12.1 Å². The zero-order valence-electron chi connectivity index (χ0n) is 11.9. The molecule has 0 spiro atoms. The van der Waals surface area contributed by atoms with Crippen LogP contribution in [0.2, 0.25) is 0 Å². The fourth-order valence-electron chi connectivity index (χ4n) is 2.15. The molecule has 3 rings (SSSR count). The molecule has 0 aromatic carbocycles. The fourth-order valence-corrected chi connectivity index (χ4v) is 2.15. The van der Waals surface area contributed by atoms with Crippen molar-refractivity contribution in [1.82, 2.24) is 15.3 Å². The summed E-state index contributed by atoms with van der Waals surface area (Å²) in [6, 6.07) is 3.91. The molecule has 2 aliphatic heterocycles. The number of ether oxygens (including phenoxy) is 1. The first-order chi connectivity index (χ1) is 10.9. The maximum Gasteiger partial charge on any atom is 0.223 e. The van der Waals surface area contributed by atoms with Crippen LogP contribution >= 0.6 is 0 Å². The van der Waals surface area contributed by atoms with Crippen LogP contribution in [0.5, 0.6) is 0 Å². The number of nitrogens with one attached hydrogen (secondary N) is 2. The van der Waals surface area contributed by atoms with E-state index in [4.69, 9.17) is 4.74 Å². The fraction of sp³-hybridized carbons (Fsp3) is 0.188. The minimum Gasteiger partial charge on any atom is -0.496 e. The lowest BCUT2D eigenvalue weighted by atomic mass is 10.1. The molecule has 1 aromatic heterocycles. The Kier molecular flexibility index (Phi) is 4.16. The predicted molar refractivity (Wildman–Crippen MR) is 83.1 cm³/mol. The Morgan fingerprint density at radius 3 is 3.14 bits per heavy atom. The van der Waals surface area contributed by atoms with Crippen molar-refractivity contribution in [3.05, 3.63) is 59.9 Å². The van der Waals surface area contributed by atoms with E-state index in [1.165, 1.54) is 0 Å². The van der Waals surface area contributed by atoms with E-state index >= 15 is 0 Å². The molecule has 110 valence electrons. The quantitative estimate of drug-likeness (QED) is 0.827. The van der Waals surface area contributed by atoms with Crippen LogP contribution in [0.3, 0.4) is 0 Å². The lowest BCUT2D eigenvalue weighted by molar-refractivity contribution is 0.243. The van der Waals surface area contributed by atoms with Gasteiger partial charge in [0.25, 0.3) is 0 Å². The van der Waals surface area contributed by atoms with Gasteiger partial charge in [-0.05, 0) is 24.3 Å². The number of aromatic nitrogens is 2. The molecule has 3 heterocycles. The second kappa shape index (κ2) is 6.59. The molecule has 0 saturated carbocycles. The van der Waals surface area contributed by atoms with E-state index < -0.39 is 0 Å². The van der Waals surface area contributed by atoms with Gasteiger partial charge >= 0.3 is 0 Å². The molecular formula is C16H15N5O. The molecular weight excluding hydrogens is 278 g/mol. The number of hydrogen-bond acceptors (Lipinski definition) is 6.